The molecule has 260 valence electrons. The van der Waals surface area contributed by atoms with Gasteiger partial charge in [-0.25, -0.2) is 4.98 Å². The number of benzene rings is 3. The molecule has 5 nitrogen and oxygen atoms in total. The van der Waals surface area contributed by atoms with Crippen molar-refractivity contribution in [3.8, 4) is 23.0 Å². The summed E-state index contributed by atoms with van der Waals surface area (Å²) in [6.07, 6.45) is 6.56. The molecule has 1 aliphatic carbocycles. The van der Waals surface area contributed by atoms with Crippen LogP contribution >= 0.6 is 0 Å². The minimum absolute atomic E-state index is 0. The van der Waals surface area contributed by atoms with Gasteiger partial charge in [-0.2, -0.15) is 17.2 Å². The Kier molecular flexibility index (Phi) is 10.0. The molecular weight excluding hydrogens is 796 g/mol. The Hall–Kier alpha value is -3.95. The average Bonchev–Trinajstić information content (AvgIpc) is 3.55. The molecule has 0 amide bonds. The number of allylic oxidation sites excluding steroid dienone is 2. The third kappa shape index (κ3) is 6.74. The molecule has 0 spiro atoms. The Balaban J connectivity index is 0.00000432. The van der Waals surface area contributed by atoms with E-state index in [4.69, 9.17) is 14.8 Å². The first-order valence-electron chi connectivity index (χ1n) is 17.8. The molecule has 0 N–H and O–H groups in total. The van der Waals surface area contributed by atoms with Gasteiger partial charge in [0, 0.05) is 40.1 Å². The average molecular weight is 844 g/mol. The number of nitrogens with zero attached hydrogens (tertiary/aromatic N) is 4. The Labute approximate surface area is 312 Å². The molecule has 0 bridgehead atoms. The molecule has 3 heterocycles. The van der Waals surface area contributed by atoms with E-state index >= 15 is 0 Å². The zero-order chi connectivity index (χ0) is 34.6. The second-order valence-corrected chi connectivity index (χ2v) is 15.6. The van der Waals surface area contributed by atoms with E-state index in [-0.39, 0.29) is 26.5 Å². The monoisotopic (exact) mass is 843 g/mol. The topological polar surface area (TPSA) is 44.9 Å². The number of aryl methyl sites for hydroxylation is 1. The minimum Gasteiger partial charge on any atom is -0.509 e. The van der Waals surface area contributed by atoms with Crippen molar-refractivity contribution in [1.29, 1.82) is 0 Å². The maximum Gasteiger partial charge on any atom is 2.00 e. The van der Waals surface area contributed by atoms with Gasteiger partial charge < -0.3 is 9.30 Å². The second kappa shape index (κ2) is 14.0. The molecule has 6 heteroatoms. The molecule has 7 rings (SSSR count). The summed E-state index contributed by atoms with van der Waals surface area (Å²) >= 11 is 0. The van der Waals surface area contributed by atoms with E-state index in [0.29, 0.717) is 35.2 Å². The van der Waals surface area contributed by atoms with Gasteiger partial charge in [-0.1, -0.05) is 83.8 Å². The Bertz CT molecular complexity index is 2200. The van der Waals surface area contributed by atoms with E-state index in [1.165, 1.54) is 28.8 Å². The number of aromatic nitrogens is 4. The number of rotatable bonds is 7. The van der Waals surface area contributed by atoms with Crippen molar-refractivity contribution < 1.29 is 25.8 Å². The van der Waals surface area contributed by atoms with Crippen LogP contribution in [0.5, 0.6) is 11.5 Å². The zero-order valence-electron chi connectivity index (χ0n) is 30.7. The number of fused-ring (bicyclic) bond motifs is 3. The third-order valence-corrected chi connectivity index (χ3v) is 9.92. The quantitative estimate of drug-likeness (QED) is 0.119. The smallest absolute Gasteiger partial charge is 0.509 e. The Morgan fingerprint density at radius 2 is 1.68 bits per heavy atom. The fourth-order valence-electron chi connectivity index (χ4n) is 8.20. The summed E-state index contributed by atoms with van der Waals surface area (Å²) < 4.78 is 10.9. The SMILES string of the molecule is CC1=C[C@H](C)C[C@H](C)C1c1c(C)nn(-c2[c-]c(Oc3[c-]c4c(cc3)c3ccccc3n4-c3cc(CC(C)C)ccn3)ccc2)c1C(C)(C)C.[Pt+2]. The van der Waals surface area contributed by atoms with Crippen LogP contribution in [-0.4, -0.2) is 19.3 Å². The molecule has 50 heavy (non-hydrogen) atoms. The van der Waals surface area contributed by atoms with E-state index in [1.807, 2.05) is 24.4 Å². The van der Waals surface area contributed by atoms with Gasteiger partial charge >= 0.3 is 21.1 Å². The summed E-state index contributed by atoms with van der Waals surface area (Å²) in [6, 6.07) is 30.2. The van der Waals surface area contributed by atoms with Crippen molar-refractivity contribution in [3.05, 3.63) is 119 Å². The van der Waals surface area contributed by atoms with Crippen LogP contribution in [0.2, 0.25) is 0 Å². The second-order valence-electron chi connectivity index (χ2n) is 15.6. The normalized spacial score (nSPS) is 18.0. The molecule has 0 fully saturated rings. The molecule has 0 radical (unpaired) electrons. The number of ether oxygens (including phenoxy) is 1. The fourth-order valence-corrected chi connectivity index (χ4v) is 8.20. The first-order chi connectivity index (χ1) is 23.4. The number of hydrogen-bond acceptors (Lipinski definition) is 3. The van der Waals surface area contributed by atoms with Crippen molar-refractivity contribution in [3.63, 3.8) is 0 Å². The Morgan fingerprint density at radius 1 is 0.920 bits per heavy atom. The molecule has 3 atom stereocenters. The summed E-state index contributed by atoms with van der Waals surface area (Å²) in [4.78, 5) is 4.81. The summed E-state index contributed by atoms with van der Waals surface area (Å²) in [7, 11) is 0. The maximum absolute atomic E-state index is 6.54. The van der Waals surface area contributed by atoms with Crippen molar-refractivity contribution >= 4 is 21.8 Å². The van der Waals surface area contributed by atoms with Gasteiger partial charge in [0.2, 0.25) is 0 Å². The third-order valence-electron chi connectivity index (χ3n) is 9.92. The van der Waals surface area contributed by atoms with Gasteiger partial charge in [-0.05, 0) is 79.3 Å². The van der Waals surface area contributed by atoms with Crippen molar-refractivity contribution in [1.82, 2.24) is 19.3 Å². The van der Waals surface area contributed by atoms with Crippen LogP contribution in [0.15, 0.2) is 84.6 Å². The molecule has 1 aliphatic rings. The van der Waals surface area contributed by atoms with Gasteiger partial charge in [0.25, 0.3) is 0 Å². The van der Waals surface area contributed by atoms with Crippen LogP contribution in [0, 0.1) is 36.8 Å². The van der Waals surface area contributed by atoms with E-state index in [9.17, 15) is 0 Å². The predicted octanol–water partition coefficient (Wildman–Crippen LogP) is 11.3. The molecule has 0 saturated carbocycles. The number of hydrogen-bond donors (Lipinski definition) is 0. The zero-order valence-corrected chi connectivity index (χ0v) is 33.0. The summed E-state index contributed by atoms with van der Waals surface area (Å²) in [5, 5.41) is 7.45. The maximum atomic E-state index is 6.54. The summed E-state index contributed by atoms with van der Waals surface area (Å²) in [5.41, 5.74) is 9.18. The van der Waals surface area contributed by atoms with E-state index in [0.717, 1.165) is 45.4 Å². The summed E-state index contributed by atoms with van der Waals surface area (Å²) in [5.74, 6) is 4.20. The van der Waals surface area contributed by atoms with Gasteiger partial charge in [0.1, 0.15) is 5.82 Å². The largest absolute Gasteiger partial charge is 2.00 e. The molecule has 6 aromatic rings. The molecular formula is C44H48N4OPt. The molecule has 3 aromatic carbocycles. The van der Waals surface area contributed by atoms with Crippen LogP contribution in [0.4, 0.5) is 0 Å². The van der Waals surface area contributed by atoms with Crippen LogP contribution in [0.25, 0.3) is 33.3 Å². The number of para-hydroxylation sites is 1. The van der Waals surface area contributed by atoms with Crippen LogP contribution < -0.4 is 4.74 Å². The molecule has 0 saturated heterocycles. The molecule has 0 aliphatic heterocycles. The standard InChI is InChI=1S/C44H48N4O.Pt/c1-27(2)21-32-19-20-45-40(24-32)47-38-16-11-10-15-36(38)37-18-17-35(26-39(37)47)49-34-14-12-13-33(25-34)48-43(44(7,8)9)42(31(6)46-48)41-29(4)22-28(3)23-30(41)5;/h10-20,22,24,27-28,30,41H,21,23H2,1-9H3;/q-2;+2/t28-,30-,41?;/m0./s1. The molecule has 1 unspecified atom stereocenters. The van der Waals surface area contributed by atoms with Crippen molar-refractivity contribution in [2.45, 2.75) is 86.5 Å². The fraction of sp³-hybridized carbons (Fsp3) is 0.364. The van der Waals surface area contributed by atoms with Crippen LogP contribution in [-0.2, 0) is 32.9 Å². The molecule has 3 aromatic heterocycles. The van der Waals surface area contributed by atoms with Crippen molar-refractivity contribution in [2.24, 2.45) is 17.8 Å². The first-order valence-corrected chi connectivity index (χ1v) is 17.8. The van der Waals surface area contributed by atoms with Gasteiger partial charge in [0.15, 0.2) is 0 Å². The minimum atomic E-state index is -0.128. The van der Waals surface area contributed by atoms with E-state index < -0.39 is 0 Å². The number of pyridine rings is 1. The summed E-state index contributed by atoms with van der Waals surface area (Å²) in [6.45, 7) is 20.5. The first kappa shape index (κ1) is 35.9. The van der Waals surface area contributed by atoms with Gasteiger partial charge in [0.05, 0.1) is 11.4 Å². The van der Waals surface area contributed by atoms with Crippen LogP contribution in [0.3, 0.4) is 0 Å². The van der Waals surface area contributed by atoms with Crippen molar-refractivity contribution in [2.75, 3.05) is 0 Å². The predicted molar refractivity (Wildman–Crippen MR) is 201 cm³/mol. The van der Waals surface area contributed by atoms with Crippen LogP contribution in [0.1, 0.15) is 90.2 Å². The Morgan fingerprint density at radius 3 is 2.42 bits per heavy atom. The van der Waals surface area contributed by atoms with E-state index in [1.54, 1.807) is 0 Å². The van der Waals surface area contributed by atoms with E-state index in [2.05, 4.69) is 138 Å². The van der Waals surface area contributed by atoms with Gasteiger partial charge in [-0.3, -0.25) is 4.68 Å². The van der Waals surface area contributed by atoms with Gasteiger partial charge in [-0.15, -0.1) is 35.7 Å².